The highest BCUT2D eigenvalue weighted by Gasteiger charge is 2.31. The number of hydrogen-bond acceptors (Lipinski definition) is 2. The topological polar surface area (TPSA) is 30.7 Å². The van der Waals surface area contributed by atoms with Crippen LogP contribution in [0.15, 0.2) is 30.5 Å². The van der Waals surface area contributed by atoms with E-state index in [1.165, 1.54) is 0 Å². The lowest BCUT2D eigenvalue weighted by Gasteiger charge is -2.19. The molecule has 1 amide bonds. The molecule has 1 aliphatic rings. The first-order valence-electron chi connectivity index (χ1n) is 5.35. The molecule has 1 heterocycles. The fourth-order valence-corrected chi connectivity index (χ4v) is 1.66. The predicted molar refractivity (Wildman–Crippen MR) is 62.3 cm³/mol. The van der Waals surface area contributed by atoms with Crippen molar-refractivity contribution in [1.82, 2.24) is 0 Å². The van der Waals surface area contributed by atoms with Crippen molar-refractivity contribution < 1.29 is 31.4 Å². The summed E-state index contributed by atoms with van der Waals surface area (Å²) in [5.74, 6) is 0. The van der Waals surface area contributed by atoms with Crippen LogP contribution in [-0.2, 0) is 4.74 Å². The molecule has 0 bridgehead atoms. The van der Waals surface area contributed by atoms with Crippen LogP contribution in [0.5, 0.6) is 0 Å². The average Bonchev–Trinajstić information content (AvgIpc) is 2.58. The SMILES string of the molecule is CC(C)(C)OC(=O)[NH+]1C=Cc2ccccc21.[Br-]. The molecule has 0 saturated carbocycles. The lowest BCUT2D eigenvalue weighted by atomic mass is 10.2. The van der Waals surface area contributed by atoms with Crippen molar-refractivity contribution in [2.45, 2.75) is 26.4 Å². The standard InChI is InChI=1S/C13H15NO2.BrH/c1-13(2,3)16-12(15)14-9-8-10-6-4-5-7-11(10)14;/h4-9H,1-3H3;1H. The Hall–Kier alpha value is -1.13. The van der Waals surface area contributed by atoms with Crippen LogP contribution in [0.2, 0.25) is 0 Å². The normalized spacial score (nSPS) is 17.2. The van der Waals surface area contributed by atoms with Gasteiger partial charge in [0.25, 0.3) is 0 Å². The summed E-state index contributed by atoms with van der Waals surface area (Å²) in [6, 6.07) is 7.81. The Bertz CT molecular complexity index is 449. The fraction of sp³-hybridized carbons (Fsp3) is 0.308. The Labute approximate surface area is 112 Å². The van der Waals surface area contributed by atoms with Gasteiger partial charge in [-0.2, -0.15) is 9.69 Å². The molecule has 4 heteroatoms. The number of carbonyl (C=O) groups excluding carboxylic acids is 1. The smallest absolute Gasteiger partial charge is 0.524 e. The van der Waals surface area contributed by atoms with Crippen LogP contribution in [-0.4, -0.2) is 11.7 Å². The molecule has 1 unspecified atom stereocenters. The highest BCUT2D eigenvalue weighted by Crippen LogP contribution is 2.17. The Kier molecular flexibility index (Phi) is 4.11. The summed E-state index contributed by atoms with van der Waals surface area (Å²) in [4.78, 5) is 12.6. The van der Waals surface area contributed by atoms with Crippen molar-refractivity contribution in [3.63, 3.8) is 0 Å². The van der Waals surface area contributed by atoms with Crippen LogP contribution >= 0.6 is 0 Å². The van der Waals surface area contributed by atoms with Crippen LogP contribution in [0.4, 0.5) is 10.5 Å². The average molecular weight is 298 g/mol. The second kappa shape index (κ2) is 5.02. The first-order chi connectivity index (χ1) is 7.47. The van der Waals surface area contributed by atoms with E-state index < -0.39 is 5.60 Å². The minimum Gasteiger partial charge on any atom is -1.00 e. The molecule has 2 rings (SSSR count). The number of nitrogens with one attached hydrogen (secondary N) is 1. The Morgan fingerprint density at radius 3 is 2.53 bits per heavy atom. The largest absolute Gasteiger partial charge is 1.00 e. The van der Waals surface area contributed by atoms with Gasteiger partial charge in [-0.15, -0.1) is 0 Å². The van der Waals surface area contributed by atoms with Gasteiger partial charge in [0.2, 0.25) is 0 Å². The quantitative estimate of drug-likeness (QED) is 0.675. The molecule has 92 valence electrons. The molecule has 0 fully saturated rings. The van der Waals surface area contributed by atoms with Crippen LogP contribution in [0.1, 0.15) is 26.3 Å². The minimum atomic E-state index is -0.449. The van der Waals surface area contributed by atoms with Gasteiger partial charge in [0.05, 0.1) is 0 Å². The second-order valence-corrected chi connectivity index (χ2v) is 4.84. The van der Waals surface area contributed by atoms with Crippen molar-refractivity contribution in [3.05, 3.63) is 36.0 Å². The van der Waals surface area contributed by atoms with E-state index in [1.54, 1.807) is 0 Å². The molecule has 1 aromatic rings. The van der Waals surface area contributed by atoms with E-state index in [2.05, 4.69) is 0 Å². The van der Waals surface area contributed by atoms with E-state index in [0.717, 1.165) is 11.3 Å². The molecule has 0 aromatic heterocycles. The zero-order valence-electron chi connectivity index (χ0n) is 10.2. The molecule has 0 aliphatic carbocycles. The monoisotopic (exact) mass is 297 g/mol. The minimum absolute atomic E-state index is 0. The zero-order valence-corrected chi connectivity index (χ0v) is 11.7. The summed E-state index contributed by atoms with van der Waals surface area (Å²) in [5, 5.41) is 0. The molecule has 1 aromatic carbocycles. The number of halogens is 1. The number of carbonyl (C=O) groups is 1. The maximum atomic E-state index is 11.9. The van der Waals surface area contributed by atoms with Crippen molar-refractivity contribution in [2.24, 2.45) is 0 Å². The summed E-state index contributed by atoms with van der Waals surface area (Å²) in [5.41, 5.74) is 1.58. The van der Waals surface area contributed by atoms with Crippen LogP contribution in [0, 0.1) is 0 Å². The molecule has 1 atom stereocenters. The van der Waals surface area contributed by atoms with Gasteiger partial charge in [0.15, 0.2) is 5.69 Å². The molecular weight excluding hydrogens is 282 g/mol. The van der Waals surface area contributed by atoms with E-state index in [1.807, 2.05) is 57.3 Å². The van der Waals surface area contributed by atoms with Crippen LogP contribution in [0.25, 0.3) is 6.08 Å². The first kappa shape index (κ1) is 13.9. The molecule has 0 saturated heterocycles. The van der Waals surface area contributed by atoms with Crippen molar-refractivity contribution >= 4 is 17.9 Å². The van der Waals surface area contributed by atoms with Gasteiger partial charge in [0, 0.05) is 17.7 Å². The van der Waals surface area contributed by atoms with Crippen molar-refractivity contribution in [2.75, 3.05) is 0 Å². The van der Waals surface area contributed by atoms with E-state index in [4.69, 9.17) is 4.74 Å². The van der Waals surface area contributed by atoms with Crippen molar-refractivity contribution in [1.29, 1.82) is 0 Å². The lowest BCUT2D eigenvalue weighted by Crippen LogP contribution is -3.05. The number of amides is 1. The van der Waals surface area contributed by atoms with Gasteiger partial charge < -0.3 is 21.7 Å². The molecule has 0 spiro atoms. The number of alkyl carbamates (subject to hydrolysis) is 1. The molecule has 0 radical (unpaired) electrons. The van der Waals surface area contributed by atoms with Gasteiger partial charge in [-0.05, 0) is 26.8 Å². The van der Waals surface area contributed by atoms with Gasteiger partial charge in [-0.3, -0.25) is 0 Å². The number of para-hydroxylation sites is 1. The third kappa shape index (κ3) is 3.17. The number of hydrogen-bond donors (Lipinski definition) is 1. The number of quaternary nitrogens is 1. The summed E-state index contributed by atoms with van der Waals surface area (Å²) < 4.78 is 5.35. The highest BCUT2D eigenvalue weighted by molar-refractivity contribution is 5.72. The second-order valence-electron chi connectivity index (χ2n) is 4.84. The lowest BCUT2D eigenvalue weighted by molar-refractivity contribution is -0.689. The number of benzene rings is 1. The number of fused-ring (bicyclic) bond motifs is 1. The molecule has 17 heavy (non-hydrogen) atoms. The Morgan fingerprint density at radius 2 is 1.88 bits per heavy atom. The van der Waals surface area contributed by atoms with E-state index in [0.29, 0.717) is 4.90 Å². The van der Waals surface area contributed by atoms with Crippen LogP contribution < -0.4 is 21.9 Å². The number of rotatable bonds is 0. The molecule has 3 nitrogen and oxygen atoms in total. The predicted octanol–water partition coefficient (Wildman–Crippen LogP) is -0.874. The maximum absolute atomic E-state index is 11.9. The van der Waals surface area contributed by atoms with Gasteiger partial charge in [-0.1, -0.05) is 12.1 Å². The highest BCUT2D eigenvalue weighted by atomic mass is 79.9. The zero-order chi connectivity index (χ0) is 11.8. The summed E-state index contributed by atoms with van der Waals surface area (Å²) in [7, 11) is 0. The first-order valence-corrected chi connectivity index (χ1v) is 5.35. The summed E-state index contributed by atoms with van der Waals surface area (Å²) in [6.45, 7) is 5.61. The fourth-order valence-electron chi connectivity index (χ4n) is 1.66. The van der Waals surface area contributed by atoms with Gasteiger partial charge in [0.1, 0.15) is 11.8 Å². The van der Waals surface area contributed by atoms with Gasteiger partial charge in [-0.25, -0.2) is 0 Å². The maximum Gasteiger partial charge on any atom is 0.524 e. The Balaban J connectivity index is 0.00000144. The van der Waals surface area contributed by atoms with E-state index in [9.17, 15) is 4.79 Å². The summed E-state index contributed by atoms with van der Waals surface area (Å²) in [6.07, 6.45) is 3.50. The van der Waals surface area contributed by atoms with Gasteiger partial charge >= 0.3 is 6.09 Å². The third-order valence-corrected chi connectivity index (χ3v) is 2.30. The van der Waals surface area contributed by atoms with E-state index in [-0.39, 0.29) is 23.1 Å². The van der Waals surface area contributed by atoms with Crippen molar-refractivity contribution in [3.8, 4) is 0 Å². The molecule has 1 aliphatic heterocycles. The van der Waals surface area contributed by atoms with E-state index >= 15 is 0 Å². The number of ether oxygens (including phenoxy) is 1. The molecular formula is C13H16BrNO2. The van der Waals surface area contributed by atoms with Crippen LogP contribution in [0.3, 0.4) is 0 Å². The Morgan fingerprint density at radius 1 is 1.24 bits per heavy atom. The summed E-state index contributed by atoms with van der Waals surface area (Å²) >= 11 is 0. The molecule has 1 N–H and O–H groups in total. The third-order valence-electron chi connectivity index (χ3n) is 2.30.